The fraction of sp³-hybridized carbons (Fsp3) is 0.833. The SMILES string of the molecule is COCC(=O)N1CC(F)(F)C1. The maximum Gasteiger partial charge on any atom is 0.282 e. The quantitative estimate of drug-likeness (QED) is 0.581. The van der Waals surface area contributed by atoms with Crippen molar-refractivity contribution in [1.29, 1.82) is 0 Å². The maximum atomic E-state index is 12.2. The normalized spacial score (nSPS) is 21.2. The van der Waals surface area contributed by atoms with E-state index in [1.807, 2.05) is 0 Å². The van der Waals surface area contributed by atoms with Gasteiger partial charge in [-0.1, -0.05) is 0 Å². The van der Waals surface area contributed by atoms with Gasteiger partial charge in [-0.05, 0) is 0 Å². The molecule has 0 aromatic heterocycles. The summed E-state index contributed by atoms with van der Waals surface area (Å²) in [5, 5.41) is 0. The fourth-order valence-corrected chi connectivity index (χ4v) is 0.903. The van der Waals surface area contributed by atoms with Crippen LogP contribution in [-0.4, -0.2) is 43.5 Å². The molecule has 3 nitrogen and oxygen atoms in total. The smallest absolute Gasteiger partial charge is 0.282 e. The summed E-state index contributed by atoms with van der Waals surface area (Å²) in [5.41, 5.74) is 0. The van der Waals surface area contributed by atoms with Crippen molar-refractivity contribution < 1.29 is 18.3 Å². The van der Waals surface area contributed by atoms with E-state index in [0.717, 1.165) is 4.90 Å². The van der Waals surface area contributed by atoms with E-state index in [9.17, 15) is 13.6 Å². The molecule has 11 heavy (non-hydrogen) atoms. The highest BCUT2D eigenvalue weighted by Gasteiger charge is 2.45. The van der Waals surface area contributed by atoms with Crippen molar-refractivity contribution in [2.24, 2.45) is 0 Å². The zero-order valence-corrected chi connectivity index (χ0v) is 6.14. The molecule has 1 amide bonds. The van der Waals surface area contributed by atoms with Crippen LogP contribution in [0.15, 0.2) is 0 Å². The van der Waals surface area contributed by atoms with E-state index < -0.39 is 19.0 Å². The fourth-order valence-electron chi connectivity index (χ4n) is 0.903. The van der Waals surface area contributed by atoms with Crippen LogP contribution >= 0.6 is 0 Å². The van der Waals surface area contributed by atoms with Gasteiger partial charge >= 0.3 is 0 Å². The molecule has 0 unspecified atom stereocenters. The molecule has 0 bridgehead atoms. The van der Waals surface area contributed by atoms with Crippen LogP contribution in [0.1, 0.15) is 0 Å². The lowest BCUT2D eigenvalue weighted by molar-refractivity contribution is -0.168. The Hall–Kier alpha value is -0.710. The molecule has 0 atom stereocenters. The number of carbonyl (C=O) groups is 1. The Morgan fingerprint density at radius 1 is 1.64 bits per heavy atom. The Bertz CT molecular complexity index is 164. The molecule has 0 aromatic carbocycles. The highest BCUT2D eigenvalue weighted by Crippen LogP contribution is 2.26. The number of methoxy groups -OCH3 is 1. The summed E-state index contributed by atoms with van der Waals surface area (Å²) in [6, 6.07) is 0. The number of likely N-dealkylation sites (tertiary alicyclic amines) is 1. The second-order valence-corrected chi connectivity index (χ2v) is 2.54. The molecule has 0 radical (unpaired) electrons. The molecule has 64 valence electrons. The van der Waals surface area contributed by atoms with Crippen molar-refractivity contribution in [3.8, 4) is 0 Å². The van der Waals surface area contributed by atoms with E-state index in [2.05, 4.69) is 4.74 Å². The van der Waals surface area contributed by atoms with Crippen molar-refractivity contribution in [3.05, 3.63) is 0 Å². The third-order valence-electron chi connectivity index (χ3n) is 1.46. The van der Waals surface area contributed by atoms with Crippen molar-refractivity contribution in [1.82, 2.24) is 4.90 Å². The maximum absolute atomic E-state index is 12.2. The first kappa shape index (κ1) is 8.39. The van der Waals surface area contributed by atoms with E-state index in [4.69, 9.17) is 0 Å². The van der Waals surface area contributed by atoms with Crippen LogP contribution in [0.3, 0.4) is 0 Å². The van der Waals surface area contributed by atoms with Crippen LogP contribution in [0.4, 0.5) is 8.78 Å². The number of nitrogens with zero attached hydrogens (tertiary/aromatic N) is 1. The van der Waals surface area contributed by atoms with Gasteiger partial charge in [0.25, 0.3) is 5.92 Å². The minimum absolute atomic E-state index is 0.115. The highest BCUT2D eigenvalue weighted by atomic mass is 19.3. The van der Waals surface area contributed by atoms with Gasteiger partial charge in [0.05, 0.1) is 13.1 Å². The summed E-state index contributed by atoms with van der Waals surface area (Å²) < 4.78 is 28.8. The standard InChI is InChI=1S/C6H9F2NO2/c1-11-2-5(10)9-3-6(7,8)4-9/h2-4H2,1H3. The summed E-state index contributed by atoms with van der Waals surface area (Å²) in [4.78, 5) is 11.9. The molecule has 1 fully saturated rings. The summed E-state index contributed by atoms with van der Waals surface area (Å²) in [7, 11) is 1.36. The predicted octanol–water partition coefficient (Wildman–Crippen LogP) is 0.110. The molecule has 0 aromatic rings. The zero-order chi connectivity index (χ0) is 8.48. The third kappa shape index (κ3) is 1.86. The van der Waals surface area contributed by atoms with Crippen LogP contribution in [0.5, 0.6) is 0 Å². The van der Waals surface area contributed by atoms with Gasteiger partial charge in [0.2, 0.25) is 5.91 Å². The second-order valence-electron chi connectivity index (χ2n) is 2.54. The number of hydrogen-bond donors (Lipinski definition) is 0. The molecule has 1 aliphatic heterocycles. The monoisotopic (exact) mass is 165 g/mol. The minimum atomic E-state index is -2.68. The summed E-state index contributed by atoms with van der Waals surface area (Å²) in [5.74, 6) is -3.05. The largest absolute Gasteiger partial charge is 0.375 e. The number of alkyl halides is 2. The number of carbonyl (C=O) groups excluding carboxylic acids is 1. The molecule has 0 spiro atoms. The average Bonchev–Trinajstić information content (AvgIpc) is 1.83. The topological polar surface area (TPSA) is 29.5 Å². The number of amides is 1. The zero-order valence-electron chi connectivity index (χ0n) is 6.14. The minimum Gasteiger partial charge on any atom is -0.375 e. The van der Waals surface area contributed by atoms with Gasteiger partial charge in [-0.3, -0.25) is 4.79 Å². The van der Waals surface area contributed by atoms with E-state index in [-0.39, 0.29) is 12.5 Å². The summed E-state index contributed by atoms with van der Waals surface area (Å²) in [6.45, 7) is -1.04. The van der Waals surface area contributed by atoms with Crippen molar-refractivity contribution >= 4 is 5.91 Å². The van der Waals surface area contributed by atoms with E-state index in [0.29, 0.717) is 0 Å². The summed E-state index contributed by atoms with van der Waals surface area (Å²) >= 11 is 0. The Balaban J connectivity index is 2.27. The van der Waals surface area contributed by atoms with E-state index >= 15 is 0 Å². The Labute approximate surface area is 62.9 Å². The molecule has 0 aliphatic carbocycles. The average molecular weight is 165 g/mol. The van der Waals surface area contributed by atoms with Gasteiger partial charge < -0.3 is 9.64 Å². The molecule has 1 saturated heterocycles. The first-order valence-corrected chi connectivity index (χ1v) is 3.20. The lowest BCUT2D eigenvalue weighted by Crippen LogP contribution is -2.59. The molecular formula is C6H9F2NO2. The number of hydrogen-bond acceptors (Lipinski definition) is 2. The molecule has 0 N–H and O–H groups in total. The molecule has 1 aliphatic rings. The van der Waals surface area contributed by atoms with Crippen LogP contribution in [0.2, 0.25) is 0 Å². The second kappa shape index (κ2) is 2.73. The van der Waals surface area contributed by atoms with Gasteiger partial charge in [0.1, 0.15) is 6.61 Å². The molecular weight excluding hydrogens is 156 g/mol. The third-order valence-corrected chi connectivity index (χ3v) is 1.46. The summed E-state index contributed by atoms with van der Waals surface area (Å²) in [6.07, 6.45) is 0. The Morgan fingerprint density at radius 3 is 2.55 bits per heavy atom. The number of ether oxygens (including phenoxy) is 1. The van der Waals surface area contributed by atoms with Crippen LogP contribution in [0, 0.1) is 0 Å². The van der Waals surface area contributed by atoms with Gasteiger partial charge in [0, 0.05) is 7.11 Å². The Morgan fingerprint density at radius 2 is 2.18 bits per heavy atom. The number of halogens is 2. The van der Waals surface area contributed by atoms with Crippen molar-refractivity contribution in [3.63, 3.8) is 0 Å². The first-order valence-electron chi connectivity index (χ1n) is 3.20. The highest BCUT2D eigenvalue weighted by molar-refractivity contribution is 5.78. The van der Waals surface area contributed by atoms with Crippen LogP contribution < -0.4 is 0 Å². The van der Waals surface area contributed by atoms with E-state index in [1.165, 1.54) is 7.11 Å². The van der Waals surface area contributed by atoms with Crippen LogP contribution in [-0.2, 0) is 9.53 Å². The van der Waals surface area contributed by atoms with Crippen molar-refractivity contribution in [2.45, 2.75) is 5.92 Å². The van der Waals surface area contributed by atoms with Gasteiger partial charge in [-0.2, -0.15) is 0 Å². The van der Waals surface area contributed by atoms with E-state index in [1.54, 1.807) is 0 Å². The van der Waals surface area contributed by atoms with Gasteiger partial charge in [-0.25, -0.2) is 8.78 Å². The lowest BCUT2D eigenvalue weighted by atomic mass is 10.1. The predicted molar refractivity (Wildman–Crippen MR) is 33.4 cm³/mol. The van der Waals surface area contributed by atoms with Crippen molar-refractivity contribution in [2.75, 3.05) is 26.8 Å². The Kier molecular flexibility index (Phi) is 2.08. The molecule has 5 heteroatoms. The number of rotatable bonds is 2. The van der Waals surface area contributed by atoms with Crippen LogP contribution in [0.25, 0.3) is 0 Å². The van der Waals surface area contributed by atoms with Gasteiger partial charge in [-0.15, -0.1) is 0 Å². The lowest BCUT2D eigenvalue weighted by Gasteiger charge is -2.38. The first-order chi connectivity index (χ1) is 5.05. The molecule has 1 rings (SSSR count). The molecule has 0 saturated carbocycles. The molecule has 1 heterocycles. The van der Waals surface area contributed by atoms with Gasteiger partial charge in [0.15, 0.2) is 0 Å².